The highest BCUT2D eigenvalue weighted by molar-refractivity contribution is 6.11. The van der Waals surface area contributed by atoms with E-state index in [-0.39, 0.29) is 22.5 Å². The molecule has 0 fully saturated rings. The van der Waals surface area contributed by atoms with Gasteiger partial charge in [-0.15, -0.1) is 0 Å². The van der Waals surface area contributed by atoms with E-state index in [0.717, 1.165) is 6.07 Å². The van der Waals surface area contributed by atoms with Gasteiger partial charge in [0.05, 0.1) is 11.1 Å². The third kappa shape index (κ3) is 2.92. The number of carbonyl (C=O) groups is 2. The van der Waals surface area contributed by atoms with Gasteiger partial charge in [0.15, 0.2) is 0 Å². The Kier molecular flexibility index (Phi) is 3.65. The van der Waals surface area contributed by atoms with Crippen LogP contribution in [0.4, 0.5) is 15.8 Å². The summed E-state index contributed by atoms with van der Waals surface area (Å²) in [5.74, 6) is -2.41. The molecule has 0 aromatic heterocycles. The molecule has 0 radical (unpaired) electrons. The zero-order valence-electron chi connectivity index (χ0n) is 10.3. The summed E-state index contributed by atoms with van der Waals surface area (Å²) < 4.78 is 13.0. The number of nitrogens with two attached hydrogens (primary N) is 1. The van der Waals surface area contributed by atoms with Crippen molar-refractivity contribution in [1.82, 2.24) is 0 Å². The Balaban J connectivity index is 2.32. The molecule has 2 aromatic rings. The molecule has 0 saturated heterocycles. The number of anilines is 2. The van der Waals surface area contributed by atoms with E-state index in [2.05, 4.69) is 5.32 Å². The fraction of sp³-hybridized carbons (Fsp3) is 0. The van der Waals surface area contributed by atoms with Crippen molar-refractivity contribution in [1.29, 1.82) is 0 Å². The third-order valence-electron chi connectivity index (χ3n) is 2.60. The van der Waals surface area contributed by atoms with Gasteiger partial charge in [-0.2, -0.15) is 0 Å². The number of aromatic carboxylic acids is 1. The van der Waals surface area contributed by atoms with Gasteiger partial charge in [-0.3, -0.25) is 4.79 Å². The summed E-state index contributed by atoms with van der Waals surface area (Å²) in [7, 11) is 0. The summed E-state index contributed by atoms with van der Waals surface area (Å²) in [4.78, 5) is 23.1. The maximum Gasteiger partial charge on any atom is 0.336 e. The smallest absolute Gasteiger partial charge is 0.336 e. The van der Waals surface area contributed by atoms with Crippen molar-refractivity contribution in [2.45, 2.75) is 0 Å². The van der Waals surface area contributed by atoms with Crippen LogP contribution in [0.1, 0.15) is 20.7 Å². The van der Waals surface area contributed by atoms with Gasteiger partial charge in [-0.25, -0.2) is 9.18 Å². The summed E-state index contributed by atoms with van der Waals surface area (Å²) >= 11 is 0. The predicted octanol–water partition coefficient (Wildman–Crippen LogP) is 2.36. The molecular weight excluding hydrogens is 263 g/mol. The van der Waals surface area contributed by atoms with Gasteiger partial charge in [0, 0.05) is 11.4 Å². The molecule has 20 heavy (non-hydrogen) atoms. The average Bonchev–Trinajstić information content (AvgIpc) is 2.38. The Labute approximate surface area is 113 Å². The van der Waals surface area contributed by atoms with E-state index in [1.807, 2.05) is 0 Å². The second kappa shape index (κ2) is 5.40. The zero-order chi connectivity index (χ0) is 14.7. The number of hydrogen-bond donors (Lipinski definition) is 3. The largest absolute Gasteiger partial charge is 0.478 e. The van der Waals surface area contributed by atoms with Gasteiger partial charge in [-0.1, -0.05) is 6.07 Å². The summed E-state index contributed by atoms with van der Waals surface area (Å²) in [5, 5.41) is 11.5. The molecule has 1 amide bonds. The minimum atomic E-state index is -1.26. The maximum absolute atomic E-state index is 13.0. The average molecular weight is 274 g/mol. The molecule has 6 heteroatoms. The molecule has 4 N–H and O–H groups in total. The Morgan fingerprint density at radius 3 is 2.50 bits per heavy atom. The van der Waals surface area contributed by atoms with Crippen molar-refractivity contribution in [3.8, 4) is 0 Å². The molecule has 0 saturated carbocycles. The molecule has 2 aromatic carbocycles. The molecule has 2 rings (SSSR count). The first kappa shape index (κ1) is 13.5. The van der Waals surface area contributed by atoms with Crippen LogP contribution in [0, 0.1) is 5.82 Å². The van der Waals surface area contributed by atoms with E-state index < -0.39 is 17.7 Å². The predicted molar refractivity (Wildman–Crippen MR) is 72.2 cm³/mol. The Bertz CT molecular complexity index is 686. The number of carboxylic acids is 1. The highest BCUT2D eigenvalue weighted by atomic mass is 19.1. The zero-order valence-corrected chi connectivity index (χ0v) is 10.3. The van der Waals surface area contributed by atoms with E-state index in [4.69, 9.17) is 10.8 Å². The fourth-order valence-electron chi connectivity index (χ4n) is 1.70. The lowest BCUT2D eigenvalue weighted by molar-refractivity contribution is 0.0692. The van der Waals surface area contributed by atoms with Crippen molar-refractivity contribution in [2.24, 2.45) is 0 Å². The van der Waals surface area contributed by atoms with Crippen LogP contribution in [0.3, 0.4) is 0 Å². The Morgan fingerprint density at radius 2 is 1.85 bits per heavy atom. The number of amides is 1. The van der Waals surface area contributed by atoms with Gasteiger partial charge in [-0.05, 0) is 36.4 Å². The number of nitrogens with one attached hydrogen (secondary N) is 1. The molecule has 5 nitrogen and oxygen atoms in total. The minimum Gasteiger partial charge on any atom is -0.478 e. The first-order chi connectivity index (χ1) is 9.47. The van der Waals surface area contributed by atoms with Gasteiger partial charge < -0.3 is 16.2 Å². The molecule has 0 heterocycles. The van der Waals surface area contributed by atoms with E-state index in [9.17, 15) is 14.0 Å². The second-order valence-electron chi connectivity index (χ2n) is 4.07. The number of rotatable bonds is 3. The van der Waals surface area contributed by atoms with Crippen LogP contribution in [0.15, 0.2) is 42.5 Å². The van der Waals surface area contributed by atoms with Gasteiger partial charge >= 0.3 is 5.97 Å². The van der Waals surface area contributed by atoms with Crippen LogP contribution in [0.2, 0.25) is 0 Å². The topological polar surface area (TPSA) is 92.4 Å². The minimum absolute atomic E-state index is 0.0454. The molecule has 102 valence electrons. The normalized spacial score (nSPS) is 10.1. The number of carboxylic acid groups (broad SMARTS) is 1. The molecule has 0 aliphatic heterocycles. The lowest BCUT2D eigenvalue weighted by atomic mass is 10.1. The molecule has 0 aliphatic rings. The number of hydrogen-bond acceptors (Lipinski definition) is 3. The van der Waals surface area contributed by atoms with E-state index in [1.165, 1.54) is 36.4 Å². The fourth-order valence-corrected chi connectivity index (χ4v) is 1.70. The molecular formula is C14H11FN2O3. The van der Waals surface area contributed by atoms with Gasteiger partial charge in [0.25, 0.3) is 5.91 Å². The second-order valence-corrected chi connectivity index (χ2v) is 4.07. The summed E-state index contributed by atoms with van der Waals surface area (Å²) in [5.41, 5.74) is 5.72. The van der Waals surface area contributed by atoms with Crippen molar-refractivity contribution >= 4 is 23.3 Å². The van der Waals surface area contributed by atoms with Gasteiger partial charge in [0.1, 0.15) is 5.82 Å². The summed E-state index contributed by atoms with van der Waals surface area (Å²) in [6, 6.07) is 9.24. The summed E-state index contributed by atoms with van der Waals surface area (Å²) in [6.45, 7) is 0. The first-order valence-corrected chi connectivity index (χ1v) is 5.67. The van der Waals surface area contributed by atoms with Crippen LogP contribution >= 0.6 is 0 Å². The van der Waals surface area contributed by atoms with Crippen LogP contribution < -0.4 is 11.1 Å². The lowest BCUT2D eigenvalue weighted by Crippen LogP contribution is -2.16. The highest BCUT2D eigenvalue weighted by Gasteiger charge is 2.17. The highest BCUT2D eigenvalue weighted by Crippen LogP contribution is 2.17. The Morgan fingerprint density at radius 1 is 1.10 bits per heavy atom. The van der Waals surface area contributed by atoms with Crippen molar-refractivity contribution in [2.75, 3.05) is 11.1 Å². The SMILES string of the molecule is Nc1ccc(C(=O)Nc2cccc(F)c2)c(C(=O)O)c1. The van der Waals surface area contributed by atoms with Crippen LogP contribution in [-0.4, -0.2) is 17.0 Å². The van der Waals surface area contributed by atoms with Gasteiger partial charge in [0.2, 0.25) is 0 Å². The Hall–Kier alpha value is -2.89. The number of halogens is 1. The number of benzene rings is 2. The quantitative estimate of drug-likeness (QED) is 0.749. The van der Waals surface area contributed by atoms with E-state index >= 15 is 0 Å². The molecule has 0 bridgehead atoms. The molecule has 0 aliphatic carbocycles. The van der Waals surface area contributed by atoms with Crippen LogP contribution in [-0.2, 0) is 0 Å². The standard InChI is InChI=1S/C14H11FN2O3/c15-8-2-1-3-10(6-8)17-13(18)11-5-4-9(16)7-12(11)14(19)20/h1-7H,16H2,(H,17,18)(H,19,20). The first-order valence-electron chi connectivity index (χ1n) is 5.67. The monoisotopic (exact) mass is 274 g/mol. The van der Waals surface area contributed by atoms with Crippen molar-refractivity contribution in [3.63, 3.8) is 0 Å². The van der Waals surface area contributed by atoms with Crippen LogP contribution in [0.25, 0.3) is 0 Å². The number of carbonyl (C=O) groups excluding carboxylic acids is 1. The maximum atomic E-state index is 13.0. The van der Waals surface area contributed by atoms with E-state index in [1.54, 1.807) is 0 Å². The van der Waals surface area contributed by atoms with E-state index in [0.29, 0.717) is 0 Å². The van der Waals surface area contributed by atoms with Crippen molar-refractivity contribution in [3.05, 3.63) is 59.4 Å². The molecule has 0 unspecified atom stereocenters. The molecule has 0 spiro atoms. The lowest BCUT2D eigenvalue weighted by Gasteiger charge is -2.08. The summed E-state index contributed by atoms with van der Waals surface area (Å²) in [6.07, 6.45) is 0. The molecule has 0 atom stereocenters. The van der Waals surface area contributed by atoms with Crippen LogP contribution in [0.5, 0.6) is 0 Å². The number of nitrogen functional groups attached to an aromatic ring is 1. The van der Waals surface area contributed by atoms with Crippen molar-refractivity contribution < 1.29 is 19.1 Å². The third-order valence-corrected chi connectivity index (χ3v) is 2.60.